The highest BCUT2D eigenvalue weighted by molar-refractivity contribution is 5.25. The summed E-state index contributed by atoms with van der Waals surface area (Å²) in [6.45, 7) is 8.72. The lowest BCUT2D eigenvalue weighted by Gasteiger charge is -2.34. The van der Waals surface area contributed by atoms with Crippen LogP contribution in [0.1, 0.15) is 56.0 Å². The molecule has 1 aromatic rings. The van der Waals surface area contributed by atoms with Crippen molar-refractivity contribution < 1.29 is 5.11 Å². The molecule has 0 saturated heterocycles. The summed E-state index contributed by atoms with van der Waals surface area (Å²) in [5.41, 5.74) is 3.16. The number of nitrogens with zero attached hydrogens (tertiary/aromatic N) is 1. The third-order valence-corrected chi connectivity index (χ3v) is 4.62. The fraction of sp³-hybridized carbons (Fsp3) is 0.688. The van der Waals surface area contributed by atoms with Crippen molar-refractivity contribution in [3.63, 3.8) is 0 Å². The Kier molecular flexibility index (Phi) is 4.06. The Bertz CT molecular complexity index is 416. The number of hydrogen-bond acceptors (Lipinski definition) is 2. The maximum Gasteiger partial charge on any atom is 0.0990 e. The van der Waals surface area contributed by atoms with Gasteiger partial charge >= 0.3 is 0 Å². The van der Waals surface area contributed by atoms with Gasteiger partial charge in [-0.1, -0.05) is 26.3 Å². The smallest absolute Gasteiger partial charge is 0.0990 e. The second-order valence-electron chi connectivity index (χ2n) is 6.19. The fourth-order valence-electron chi connectivity index (χ4n) is 3.13. The molecule has 0 radical (unpaired) electrons. The van der Waals surface area contributed by atoms with Crippen LogP contribution in [0.4, 0.5) is 0 Å². The molecule has 1 aromatic heterocycles. The van der Waals surface area contributed by atoms with Crippen LogP contribution in [-0.4, -0.2) is 10.1 Å². The molecule has 0 aromatic carbocycles. The predicted octanol–water partition coefficient (Wildman–Crippen LogP) is 3.80. The van der Waals surface area contributed by atoms with Crippen molar-refractivity contribution in [2.24, 2.45) is 17.8 Å². The Morgan fingerprint density at radius 3 is 2.56 bits per heavy atom. The molecule has 1 saturated carbocycles. The maximum atomic E-state index is 10.6. The number of aliphatic hydroxyl groups excluding tert-OH is 1. The lowest BCUT2D eigenvalue weighted by molar-refractivity contribution is 0.0527. The highest BCUT2D eigenvalue weighted by Gasteiger charge is 2.31. The molecule has 18 heavy (non-hydrogen) atoms. The molecule has 4 atom stereocenters. The van der Waals surface area contributed by atoms with Gasteiger partial charge in [-0.3, -0.25) is 4.98 Å². The van der Waals surface area contributed by atoms with Gasteiger partial charge in [0.15, 0.2) is 0 Å². The molecule has 100 valence electrons. The number of aromatic nitrogens is 1. The van der Waals surface area contributed by atoms with Crippen LogP contribution in [0.25, 0.3) is 0 Å². The van der Waals surface area contributed by atoms with Gasteiger partial charge in [0.25, 0.3) is 0 Å². The summed E-state index contributed by atoms with van der Waals surface area (Å²) in [7, 11) is 0. The lowest BCUT2D eigenvalue weighted by atomic mass is 9.73. The fourth-order valence-corrected chi connectivity index (χ4v) is 3.13. The van der Waals surface area contributed by atoms with Gasteiger partial charge in [-0.2, -0.15) is 0 Å². The van der Waals surface area contributed by atoms with Crippen LogP contribution in [0.2, 0.25) is 0 Å². The first kappa shape index (κ1) is 13.5. The zero-order valence-electron chi connectivity index (χ0n) is 12.0. The summed E-state index contributed by atoms with van der Waals surface area (Å²) in [5.74, 6) is 1.88. The van der Waals surface area contributed by atoms with Crippen LogP contribution in [0.3, 0.4) is 0 Å². The molecule has 0 spiro atoms. The second kappa shape index (κ2) is 5.40. The largest absolute Gasteiger partial charge is 0.387 e. The first-order valence-corrected chi connectivity index (χ1v) is 7.10. The van der Waals surface area contributed by atoms with E-state index in [2.05, 4.69) is 24.9 Å². The van der Waals surface area contributed by atoms with Crippen molar-refractivity contribution >= 4 is 0 Å². The summed E-state index contributed by atoms with van der Waals surface area (Å²) >= 11 is 0. The highest BCUT2D eigenvalue weighted by atomic mass is 16.3. The topological polar surface area (TPSA) is 33.1 Å². The van der Waals surface area contributed by atoms with Crippen LogP contribution in [0, 0.1) is 31.6 Å². The normalized spacial score (nSPS) is 30.2. The van der Waals surface area contributed by atoms with E-state index in [1.807, 2.05) is 20.0 Å². The van der Waals surface area contributed by atoms with Gasteiger partial charge in [0.2, 0.25) is 0 Å². The first-order chi connectivity index (χ1) is 8.49. The van der Waals surface area contributed by atoms with Crippen molar-refractivity contribution in [2.75, 3.05) is 0 Å². The van der Waals surface area contributed by atoms with Crippen LogP contribution >= 0.6 is 0 Å². The molecular weight excluding hydrogens is 222 g/mol. The minimum Gasteiger partial charge on any atom is -0.387 e. The SMILES string of the molecule is Cc1cnc(C(O)C2CCC(C)C(C)C2)c(C)c1. The summed E-state index contributed by atoms with van der Waals surface area (Å²) in [6.07, 6.45) is 4.95. The molecule has 2 rings (SSSR count). The van der Waals surface area contributed by atoms with Gasteiger partial charge in [0.05, 0.1) is 11.8 Å². The van der Waals surface area contributed by atoms with Gasteiger partial charge < -0.3 is 5.11 Å². The molecule has 0 bridgehead atoms. The van der Waals surface area contributed by atoms with Gasteiger partial charge in [0, 0.05) is 6.20 Å². The lowest BCUT2D eigenvalue weighted by Crippen LogP contribution is -2.26. The molecule has 4 unspecified atom stereocenters. The minimum atomic E-state index is -0.388. The monoisotopic (exact) mass is 247 g/mol. The van der Waals surface area contributed by atoms with Crippen LogP contribution in [0.5, 0.6) is 0 Å². The minimum absolute atomic E-state index is 0.380. The Morgan fingerprint density at radius 2 is 1.94 bits per heavy atom. The summed E-state index contributed by atoms with van der Waals surface area (Å²) in [5, 5.41) is 10.6. The molecule has 1 aliphatic rings. The van der Waals surface area contributed by atoms with Gasteiger partial charge in [-0.15, -0.1) is 0 Å². The van der Waals surface area contributed by atoms with E-state index in [1.54, 1.807) is 0 Å². The van der Waals surface area contributed by atoms with E-state index in [4.69, 9.17) is 0 Å². The molecule has 1 fully saturated rings. The standard InChI is InChI=1S/C16H25NO/c1-10-7-13(4)15(17-9-10)16(18)14-6-5-11(2)12(3)8-14/h7,9,11-12,14,16,18H,5-6,8H2,1-4H3. The molecule has 0 aliphatic heterocycles. The van der Waals surface area contributed by atoms with Crippen molar-refractivity contribution in [3.05, 3.63) is 29.1 Å². The Labute approximate surface area is 110 Å². The third kappa shape index (κ3) is 2.74. The van der Waals surface area contributed by atoms with Crippen molar-refractivity contribution in [3.8, 4) is 0 Å². The van der Waals surface area contributed by atoms with Gasteiger partial charge in [-0.05, 0) is 55.6 Å². The summed E-state index contributed by atoms with van der Waals surface area (Å²) < 4.78 is 0. The predicted molar refractivity (Wildman–Crippen MR) is 74.3 cm³/mol. The molecule has 1 N–H and O–H groups in total. The molecule has 1 heterocycles. The number of rotatable bonds is 2. The summed E-state index contributed by atoms with van der Waals surface area (Å²) in [4.78, 5) is 4.45. The van der Waals surface area contributed by atoms with E-state index in [-0.39, 0.29) is 6.10 Å². The Balaban J connectivity index is 2.13. The average molecular weight is 247 g/mol. The summed E-state index contributed by atoms with van der Waals surface area (Å²) in [6, 6.07) is 2.11. The third-order valence-electron chi connectivity index (χ3n) is 4.62. The van der Waals surface area contributed by atoms with E-state index in [0.29, 0.717) is 11.8 Å². The second-order valence-corrected chi connectivity index (χ2v) is 6.19. The van der Waals surface area contributed by atoms with Crippen molar-refractivity contribution in [2.45, 2.75) is 53.1 Å². The van der Waals surface area contributed by atoms with E-state index >= 15 is 0 Å². The Morgan fingerprint density at radius 1 is 1.22 bits per heavy atom. The molecule has 1 aliphatic carbocycles. The molecule has 2 nitrogen and oxygen atoms in total. The van der Waals surface area contributed by atoms with Crippen LogP contribution in [0.15, 0.2) is 12.3 Å². The van der Waals surface area contributed by atoms with E-state index < -0.39 is 0 Å². The first-order valence-electron chi connectivity index (χ1n) is 7.10. The quantitative estimate of drug-likeness (QED) is 0.862. The van der Waals surface area contributed by atoms with E-state index in [1.165, 1.54) is 6.42 Å². The number of aliphatic hydroxyl groups is 1. The van der Waals surface area contributed by atoms with Crippen molar-refractivity contribution in [1.82, 2.24) is 4.98 Å². The van der Waals surface area contributed by atoms with Crippen LogP contribution in [-0.2, 0) is 0 Å². The number of aryl methyl sites for hydroxylation is 2. The van der Waals surface area contributed by atoms with Gasteiger partial charge in [-0.25, -0.2) is 0 Å². The van der Waals surface area contributed by atoms with E-state index in [9.17, 15) is 5.11 Å². The van der Waals surface area contributed by atoms with E-state index in [0.717, 1.165) is 35.6 Å². The molecule has 0 amide bonds. The average Bonchev–Trinajstić information content (AvgIpc) is 2.32. The number of hydrogen-bond donors (Lipinski definition) is 1. The maximum absolute atomic E-state index is 10.6. The zero-order valence-corrected chi connectivity index (χ0v) is 12.0. The van der Waals surface area contributed by atoms with Crippen LogP contribution < -0.4 is 0 Å². The highest BCUT2D eigenvalue weighted by Crippen LogP contribution is 2.39. The number of pyridine rings is 1. The zero-order chi connectivity index (χ0) is 13.3. The molecule has 2 heteroatoms. The Hall–Kier alpha value is -0.890. The van der Waals surface area contributed by atoms with Crippen molar-refractivity contribution in [1.29, 1.82) is 0 Å². The van der Waals surface area contributed by atoms with Gasteiger partial charge in [0.1, 0.15) is 0 Å². The molecular formula is C16H25NO.